The number of carbonyl (C=O) groups is 4. The van der Waals surface area contributed by atoms with Crippen LogP contribution >= 0.6 is 11.8 Å². The number of likely N-dealkylation sites (tertiary alicyclic amines) is 1. The molecule has 1 fully saturated rings. The first-order chi connectivity index (χ1) is 25.7. The molecular formula is C41H63N7O4S. The van der Waals surface area contributed by atoms with E-state index >= 15 is 0 Å². The minimum Gasteiger partial charge on any atom is -0.382 e. The van der Waals surface area contributed by atoms with Gasteiger partial charge in [0.25, 0.3) is 0 Å². The number of anilines is 1. The summed E-state index contributed by atoms with van der Waals surface area (Å²) in [7, 11) is 0. The predicted molar refractivity (Wildman–Crippen MR) is 217 cm³/mol. The number of carbonyl (C=O) groups excluding carboxylic acids is 4. The van der Waals surface area contributed by atoms with E-state index in [0.717, 1.165) is 85.2 Å². The van der Waals surface area contributed by atoms with Gasteiger partial charge in [-0.25, -0.2) is 9.97 Å². The number of imidazole rings is 1. The van der Waals surface area contributed by atoms with Crippen molar-refractivity contribution < 1.29 is 19.2 Å². The molecule has 1 aliphatic heterocycles. The summed E-state index contributed by atoms with van der Waals surface area (Å²) in [6, 6.07) is 7.98. The van der Waals surface area contributed by atoms with Gasteiger partial charge in [0.15, 0.2) is 5.82 Å². The number of nitrogen functional groups attached to an aromatic ring is 1. The fourth-order valence-corrected chi connectivity index (χ4v) is 8.19. The van der Waals surface area contributed by atoms with Crippen molar-refractivity contribution in [2.45, 2.75) is 142 Å². The average Bonchev–Trinajstić information content (AvgIpc) is 3.65. The van der Waals surface area contributed by atoms with Crippen LogP contribution in [0.1, 0.15) is 129 Å². The Morgan fingerprint density at radius 2 is 1.57 bits per heavy atom. The molecule has 2 unspecified atom stereocenters. The molecular weight excluding hydrogens is 687 g/mol. The Labute approximate surface area is 320 Å². The molecule has 0 saturated carbocycles. The summed E-state index contributed by atoms with van der Waals surface area (Å²) in [6.07, 6.45) is 17.0. The smallest absolute Gasteiger partial charge is 0.242 e. The summed E-state index contributed by atoms with van der Waals surface area (Å²) >= 11 is 1.21. The van der Waals surface area contributed by atoms with Gasteiger partial charge in [0.1, 0.15) is 11.3 Å². The summed E-state index contributed by atoms with van der Waals surface area (Å²) in [5, 5.41) is 6.34. The molecule has 1 aliphatic rings. The highest BCUT2D eigenvalue weighted by atomic mass is 32.2. The van der Waals surface area contributed by atoms with E-state index in [2.05, 4.69) is 47.0 Å². The highest BCUT2D eigenvalue weighted by molar-refractivity contribution is 8.01. The van der Waals surface area contributed by atoms with E-state index in [9.17, 15) is 19.2 Å². The molecule has 292 valence electrons. The van der Waals surface area contributed by atoms with Crippen molar-refractivity contribution in [3.63, 3.8) is 0 Å². The lowest BCUT2D eigenvalue weighted by Gasteiger charge is -2.15. The number of nitrogens with two attached hydrogens (primary N) is 1. The van der Waals surface area contributed by atoms with Crippen molar-refractivity contribution in [3.05, 3.63) is 30.1 Å². The van der Waals surface area contributed by atoms with Crippen LogP contribution in [0.25, 0.3) is 21.9 Å². The molecule has 11 nitrogen and oxygen atoms in total. The third-order valence-electron chi connectivity index (χ3n) is 10.2. The maximum absolute atomic E-state index is 12.9. The lowest BCUT2D eigenvalue weighted by molar-refractivity contribution is -0.138. The van der Waals surface area contributed by atoms with Gasteiger partial charge in [0.2, 0.25) is 23.6 Å². The van der Waals surface area contributed by atoms with Crippen LogP contribution in [0.15, 0.2) is 24.3 Å². The third-order valence-corrected chi connectivity index (χ3v) is 11.4. The number of benzene rings is 1. The summed E-state index contributed by atoms with van der Waals surface area (Å²) < 4.78 is 2.26. The molecule has 0 radical (unpaired) electrons. The van der Waals surface area contributed by atoms with Gasteiger partial charge in [-0.05, 0) is 37.7 Å². The first-order valence-electron chi connectivity index (χ1n) is 20.3. The number of pyridine rings is 1. The Hall–Kier alpha value is -3.67. The molecule has 0 aliphatic carbocycles. The topological polar surface area (TPSA) is 152 Å². The number of hydrogen-bond acceptors (Lipinski definition) is 8. The maximum atomic E-state index is 12.9. The number of aryl methyl sites for hydroxylation is 2. The number of rotatable bonds is 26. The van der Waals surface area contributed by atoms with Crippen LogP contribution in [-0.4, -0.2) is 73.7 Å². The van der Waals surface area contributed by atoms with Crippen LogP contribution in [0, 0.1) is 5.92 Å². The highest BCUT2D eigenvalue weighted by Gasteiger charge is 2.39. The minimum absolute atomic E-state index is 0.0507. The molecule has 4 amide bonds. The van der Waals surface area contributed by atoms with Crippen molar-refractivity contribution in [1.82, 2.24) is 30.1 Å². The van der Waals surface area contributed by atoms with Crippen LogP contribution in [0.5, 0.6) is 0 Å². The largest absolute Gasteiger partial charge is 0.382 e. The number of aromatic nitrogens is 3. The van der Waals surface area contributed by atoms with E-state index in [4.69, 9.17) is 10.7 Å². The average molecular weight is 750 g/mol. The van der Waals surface area contributed by atoms with Crippen LogP contribution in [0.4, 0.5) is 5.82 Å². The molecule has 1 aromatic carbocycles. The molecule has 1 saturated heterocycles. The first kappa shape index (κ1) is 42.1. The first-order valence-corrected chi connectivity index (χ1v) is 21.3. The van der Waals surface area contributed by atoms with Crippen LogP contribution in [0.2, 0.25) is 0 Å². The van der Waals surface area contributed by atoms with Crippen molar-refractivity contribution in [2.24, 2.45) is 5.92 Å². The highest BCUT2D eigenvalue weighted by Crippen LogP contribution is 2.30. The number of imide groups is 1. The number of amides is 4. The molecule has 3 aromatic rings. The van der Waals surface area contributed by atoms with E-state index in [1.165, 1.54) is 68.0 Å². The molecule has 12 heteroatoms. The number of unbranched alkanes of at least 4 members (excludes halogenated alkanes) is 8. The Morgan fingerprint density at radius 3 is 2.32 bits per heavy atom. The summed E-state index contributed by atoms with van der Waals surface area (Å²) in [5.74, 6) is 1.53. The van der Waals surface area contributed by atoms with Gasteiger partial charge in [-0.3, -0.25) is 24.1 Å². The minimum atomic E-state index is -0.578. The Bertz CT molecular complexity index is 1640. The lowest BCUT2D eigenvalue weighted by atomic mass is 9.98. The molecule has 4 N–H and O–H groups in total. The second-order valence-electron chi connectivity index (χ2n) is 14.7. The maximum Gasteiger partial charge on any atom is 0.242 e. The normalized spacial score (nSPS) is 15.2. The summed E-state index contributed by atoms with van der Waals surface area (Å²) in [4.78, 5) is 61.2. The van der Waals surface area contributed by atoms with E-state index in [1.54, 1.807) is 0 Å². The van der Waals surface area contributed by atoms with Gasteiger partial charge in [0.05, 0.1) is 22.0 Å². The Balaban J connectivity index is 1.09. The molecule has 0 bridgehead atoms. The number of para-hydroxylation sites is 1. The van der Waals surface area contributed by atoms with Crippen molar-refractivity contribution in [1.29, 1.82) is 0 Å². The van der Waals surface area contributed by atoms with Crippen molar-refractivity contribution in [3.8, 4) is 0 Å². The van der Waals surface area contributed by atoms with Gasteiger partial charge < -0.3 is 20.9 Å². The van der Waals surface area contributed by atoms with Gasteiger partial charge in [-0.1, -0.05) is 103 Å². The molecule has 3 heterocycles. The van der Waals surface area contributed by atoms with Gasteiger partial charge in [-0.15, -0.1) is 11.8 Å². The number of hydrogen-bond donors (Lipinski definition) is 3. The quantitative estimate of drug-likeness (QED) is 0.0570. The fraction of sp³-hybridized carbons (Fsp3) is 0.659. The Morgan fingerprint density at radius 1 is 0.868 bits per heavy atom. The Kier molecular flexibility index (Phi) is 17.9. The van der Waals surface area contributed by atoms with Crippen LogP contribution in [0.3, 0.4) is 0 Å². The van der Waals surface area contributed by atoms with Gasteiger partial charge in [-0.2, -0.15) is 0 Å². The van der Waals surface area contributed by atoms with Crippen LogP contribution < -0.4 is 16.4 Å². The van der Waals surface area contributed by atoms with E-state index in [0.29, 0.717) is 18.9 Å². The monoisotopic (exact) mass is 749 g/mol. The number of fused-ring (bicyclic) bond motifs is 3. The zero-order chi connectivity index (χ0) is 38.0. The molecule has 2 atom stereocenters. The lowest BCUT2D eigenvalue weighted by Crippen LogP contribution is -2.36. The molecule has 4 rings (SSSR count). The fourth-order valence-electron chi connectivity index (χ4n) is 7.21. The standard InChI is InChI=1S/C41H63N7O4S/c1-4-6-22-34-46-38-39(31-20-13-14-21-32(31)45-40(38)42)47(34)26-17-16-25-43-35(49)23-27-48-37(51)28-33(41(48)52)53-29-36(50)44-24-15-11-9-7-8-10-12-19-30(3)18-5-2/h13-14,20-21,30,33H,4-12,15-19,22-29H2,1-3H3,(H2,42,45)(H,43,49)(H,44,50). The van der Waals surface area contributed by atoms with E-state index in [1.807, 2.05) is 18.2 Å². The predicted octanol–water partition coefficient (Wildman–Crippen LogP) is 7.33. The zero-order valence-electron chi connectivity index (χ0n) is 32.4. The van der Waals surface area contributed by atoms with Crippen molar-refractivity contribution in [2.75, 3.05) is 31.1 Å². The molecule has 2 aromatic heterocycles. The SMILES string of the molecule is CCCCc1nc2c(N)nc3ccccc3c2n1CCCCNC(=O)CCN1C(=O)CC(SCC(=O)NCCCCCCCCCC(C)CCC)C1=O. The number of nitrogens with one attached hydrogen (secondary N) is 2. The van der Waals surface area contributed by atoms with Crippen LogP contribution in [-0.2, 0) is 32.1 Å². The van der Waals surface area contributed by atoms with Gasteiger partial charge in [0, 0.05) is 50.8 Å². The second kappa shape index (κ2) is 22.5. The van der Waals surface area contributed by atoms with E-state index < -0.39 is 5.25 Å². The van der Waals surface area contributed by atoms with E-state index in [-0.39, 0.29) is 48.8 Å². The van der Waals surface area contributed by atoms with Gasteiger partial charge >= 0.3 is 0 Å². The molecule has 0 spiro atoms. The number of nitrogens with zero attached hydrogens (tertiary/aromatic N) is 4. The summed E-state index contributed by atoms with van der Waals surface area (Å²) in [5.41, 5.74) is 8.91. The second-order valence-corrected chi connectivity index (χ2v) is 15.9. The number of thioether (sulfide) groups is 1. The summed E-state index contributed by atoms with van der Waals surface area (Å²) in [6.45, 7) is 8.70. The van der Waals surface area contributed by atoms with Crippen molar-refractivity contribution >= 4 is 63.1 Å². The molecule has 53 heavy (non-hydrogen) atoms. The third kappa shape index (κ3) is 13.0. The zero-order valence-corrected chi connectivity index (χ0v) is 33.2.